The molecule has 0 fully saturated rings. The van der Waals surface area contributed by atoms with Gasteiger partial charge in [0.25, 0.3) is 0 Å². The zero-order valence-corrected chi connectivity index (χ0v) is 23.5. The van der Waals surface area contributed by atoms with E-state index in [2.05, 4.69) is 20.9 Å². The number of carboxylic acids is 1. The highest BCUT2D eigenvalue weighted by atomic mass is 16.4. The van der Waals surface area contributed by atoms with Crippen LogP contribution >= 0.6 is 0 Å². The van der Waals surface area contributed by atoms with Crippen LogP contribution in [0.25, 0.3) is 10.9 Å². The maximum absolute atomic E-state index is 13.5. The predicted molar refractivity (Wildman–Crippen MR) is 151 cm³/mol. The van der Waals surface area contributed by atoms with Gasteiger partial charge in [0.05, 0.1) is 6.04 Å². The number of benzene rings is 1. The lowest BCUT2D eigenvalue weighted by Gasteiger charge is -2.26. The Morgan fingerprint density at radius 3 is 2.02 bits per heavy atom. The lowest BCUT2D eigenvalue weighted by Crippen LogP contribution is -2.58. The summed E-state index contributed by atoms with van der Waals surface area (Å²) in [6, 6.07) is 3.10. The molecule has 9 N–H and O–H groups in total. The molecule has 4 amide bonds. The molecule has 12 heteroatoms. The number of aliphatic carboxylic acids is 1. The molecule has 0 aliphatic carbocycles. The number of primary amides is 1. The van der Waals surface area contributed by atoms with E-state index in [1.54, 1.807) is 6.20 Å². The molecular formula is C28H42N6O6. The van der Waals surface area contributed by atoms with Crippen molar-refractivity contribution in [1.29, 1.82) is 0 Å². The second-order valence-corrected chi connectivity index (χ2v) is 11.0. The molecule has 12 nitrogen and oxygen atoms in total. The minimum atomic E-state index is -1.39. The Labute approximate surface area is 234 Å². The van der Waals surface area contributed by atoms with Gasteiger partial charge in [-0.3, -0.25) is 19.2 Å². The fraction of sp³-hybridized carbons (Fsp3) is 0.536. The third kappa shape index (κ3) is 9.99. The summed E-state index contributed by atoms with van der Waals surface area (Å²) in [5, 5.41) is 18.3. The Morgan fingerprint density at radius 1 is 0.850 bits per heavy atom. The fourth-order valence-corrected chi connectivity index (χ4v) is 4.41. The van der Waals surface area contributed by atoms with E-state index >= 15 is 0 Å². The topological polar surface area (TPSA) is 209 Å². The molecule has 40 heavy (non-hydrogen) atoms. The number of amides is 4. The summed E-state index contributed by atoms with van der Waals surface area (Å²) in [7, 11) is 0. The monoisotopic (exact) mass is 558 g/mol. The van der Waals surface area contributed by atoms with E-state index in [-0.39, 0.29) is 31.1 Å². The molecule has 2 rings (SSSR count). The van der Waals surface area contributed by atoms with Gasteiger partial charge in [-0.25, -0.2) is 4.79 Å². The van der Waals surface area contributed by atoms with Crippen LogP contribution in [0.3, 0.4) is 0 Å². The molecular weight excluding hydrogens is 516 g/mol. The zero-order valence-electron chi connectivity index (χ0n) is 23.5. The van der Waals surface area contributed by atoms with Crippen LogP contribution in [0.5, 0.6) is 0 Å². The molecule has 0 radical (unpaired) electrons. The van der Waals surface area contributed by atoms with E-state index in [1.807, 2.05) is 52.0 Å². The van der Waals surface area contributed by atoms with Crippen molar-refractivity contribution in [3.05, 3.63) is 36.0 Å². The first-order valence-corrected chi connectivity index (χ1v) is 13.5. The number of H-pyrrole nitrogens is 1. The molecule has 4 atom stereocenters. The van der Waals surface area contributed by atoms with E-state index in [1.165, 1.54) is 0 Å². The summed E-state index contributed by atoms with van der Waals surface area (Å²) < 4.78 is 0. The second kappa shape index (κ2) is 15.0. The van der Waals surface area contributed by atoms with Gasteiger partial charge in [0.2, 0.25) is 23.6 Å². The van der Waals surface area contributed by atoms with E-state index in [0.29, 0.717) is 12.8 Å². The zero-order chi connectivity index (χ0) is 30.0. The van der Waals surface area contributed by atoms with E-state index in [4.69, 9.17) is 11.5 Å². The number of carbonyl (C=O) groups is 5. The molecule has 0 bridgehead atoms. The summed E-state index contributed by atoms with van der Waals surface area (Å²) in [5.41, 5.74) is 12.7. The summed E-state index contributed by atoms with van der Waals surface area (Å²) in [4.78, 5) is 65.7. The van der Waals surface area contributed by atoms with Crippen molar-refractivity contribution in [2.75, 3.05) is 0 Å². The second-order valence-electron chi connectivity index (χ2n) is 11.0. The van der Waals surface area contributed by atoms with Gasteiger partial charge in [-0.15, -0.1) is 0 Å². The average molecular weight is 559 g/mol. The Hall–Kier alpha value is -3.93. The van der Waals surface area contributed by atoms with Gasteiger partial charge in [-0.2, -0.15) is 0 Å². The van der Waals surface area contributed by atoms with Crippen LogP contribution in [-0.2, 0) is 30.4 Å². The molecule has 0 aliphatic rings. The summed E-state index contributed by atoms with van der Waals surface area (Å²) in [6.45, 7) is 7.67. The normalized spacial score (nSPS) is 14.4. The van der Waals surface area contributed by atoms with Crippen molar-refractivity contribution < 1.29 is 29.1 Å². The maximum atomic E-state index is 13.5. The van der Waals surface area contributed by atoms with Crippen LogP contribution in [0.1, 0.15) is 58.9 Å². The van der Waals surface area contributed by atoms with Crippen molar-refractivity contribution in [1.82, 2.24) is 20.9 Å². The highest BCUT2D eigenvalue weighted by molar-refractivity contribution is 5.95. The Kier molecular flexibility index (Phi) is 12.1. The van der Waals surface area contributed by atoms with Crippen molar-refractivity contribution in [2.24, 2.45) is 23.3 Å². The quantitative estimate of drug-likeness (QED) is 0.158. The van der Waals surface area contributed by atoms with Crippen LogP contribution in [0, 0.1) is 11.8 Å². The molecule has 1 aromatic heterocycles. The van der Waals surface area contributed by atoms with Crippen LogP contribution in [0.2, 0.25) is 0 Å². The number of carbonyl (C=O) groups excluding carboxylic acids is 4. The van der Waals surface area contributed by atoms with Gasteiger partial charge in [0, 0.05) is 29.9 Å². The van der Waals surface area contributed by atoms with Crippen molar-refractivity contribution in [3.63, 3.8) is 0 Å². The molecule has 0 saturated carbocycles. The molecule has 2 aromatic rings. The van der Waals surface area contributed by atoms with Crippen molar-refractivity contribution in [2.45, 2.75) is 84.0 Å². The van der Waals surface area contributed by atoms with Gasteiger partial charge >= 0.3 is 5.97 Å². The number of aromatic amines is 1. The van der Waals surface area contributed by atoms with Crippen molar-refractivity contribution >= 4 is 40.5 Å². The smallest absolute Gasteiger partial charge is 0.326 e. The number of hydrogen-bond donors (Lipinski definition) is 7. The SMILES string of the molecule is CC(C)CC(N)C(=O)NC(CC(C)C)C(=O)NC(Cc1c[nH]c2ccccc12)C(=O)NC(CCC(N)=O)C(=O)O. The molecule has 0 aliphatic heterocycles. The first-order valence-electron chi connectivity index (χ1n) is 13.5. The molecule has 0 saturated heterocycles. The Balaban J connectivity index is 2.32. The summed E-state index contributed by atoms with van der Waals surface area (Å²) >= 11 is 0. The molecule has 1 heterocycles. The number of rotatable bonds is 16. The largest absolute Gasteiger partial charge is 0.480 e. The van der Waals surface area contributed by atoms with Gasteiger partial charge in [-0.05, 0) is 42.7 Å². The number of para-hydroxylation sites is 1. The van der Waals surface area contributed by atoms with E-state index < -0.39 is 53.8 Å². The molecule has 0 spiro atoms. The molecule has 4 unspecified atom stereocenters. The van der Waals surface area contributed by atoms with Gasteiger partial charge in [0.1, 0.15) is 18.1 Å². The Bertz CT molecular complexity index is 1190. The number of nitrogens with two attached hydrogens (primary N) is 2. The first-order chi connectivity index (χ1) is 18.8. The third-order valence-electron chi connectivity index (χ3n) is 6.43. The maximum Gasteiger partial charge on any atom is 0.326 e. The first kappa shape index (κ1) is 32.3. The predicted octanol–water partition coefficient (Wildman–Crippen LogP) is 0.934. The molecule has 220 valence electrons. The van der Waals surface area contributed by atoms with Crippen LogP contribution in [0.15, 0.2) is 30.5 Å². The lowest BCUT2D eigenvalue weighted by molar-refractivity contribution is -0.142. The standard InChI is InChI=1S/C28H42N6O6/c1-15(2)11-19(29)25(36)33-22(12-16(3)4)26(37)34-23(13-17-14-31-20-8-6-5-7-18(17)20)27(38)32-21(28(39)40)9-10-24(30)35/h5-8,14-16,19,21-23,31H,9-13,29H2,1-4H3,(H2,30,35)(H,32,38)(H,33,36)(H,34,37)(H,39,40). The lowest BCUT2D eigenvalue weighted by atomic mass is 9.99. The van der Waals surface area contributed by atoms with Crippen LogP contribution < -0.4 is 27.4 Å². The van der Waals surface area contributed by atoms with Crippen LogP contribution in [0.4, 0.5) is 0 Å². The van der Waals surface area contributed by atoms with Gasteiger partial charge in [-0.1, -0.05) is 45.9 Å². The average Bonchev–Trinajstić information content (AvgIpc) is 3.27. The third-order valence-corrected chi connectivity index (χ3v) is 6.43. The highest BCUT2D eigenvalue weighted by Crippen LogP contribution is 2.19. The highest BCUT2D eigenvalue weighted by Gasteiger charge is 2.31. The van der Waals surface area contributed by atoms with Gasteiger partial charge < -0.3 is 37.5 Å². The number of fused-ring (bicyclic) bond motifs is 1. The Morgan fingerprint density at radius 2 is 1.43 bits per heavy atom. The number of carboxylic acid groups (broad SMARTS) is 1. The summed E-state index contributed by atoms with van der Waals surface area (Å²) in [6.07, 6.45) is 2.05. The van der Waals surface area contributed by atoms with E-state index in [9.17, 15) is 29.1 Å². The fourth-order valence-electron chi connectivity index (χ4n) is 4.41. The number of nitrogens with one attached hydrogen (secondary N) is 4. The number of aromatic nitrogens is 1. The van der Waals surface area contributed by atoms with Gasteiger partial charge in [0.15, 0.2) is 0 Å². The van der Waals surface area contributed by atoms with Crippen molar-refractivity contribution in [3.8, 4) is 0 Å². The minimum absolute atomic E-state index is 0.0310. The summed E-state index contributed by atoms with van der Waals surface area (Å²) in [5.74, 6) is -3.64. The number of hydrogen-bond acceptors (Lipinski definition) is 6. The van der Waals surface area contributed by atoms with E-state index in [0.717, 1.165) is 16.5 Å². The van der Waals surface area contributed by atoms with Crippen LogP contribution in [-0.4, -0.2) is 63.9 Å². The minimum Gasteiger partial charge on any atom is -0.480 e. The molecule has 1 aromatic carbocycles.